The Bertz CT molecular complexity index is 749. The van der Waals surface area contributed by atoms with E-state index in [1.807, 2.05) is 6.92 Å². The third kappa shape index (κ3) is 5.75. The lowest BCUT2D eigenvalue weighted by atomic mass is 9.87. The van der Waals surface area contributed by atoms with Crippen LogP contribution in [-0.2, 0) is 10.9 Å². The molecule has 2 atom stereocenters. The largest absolute Gasteiger partial charge is 0.416 e. The van der Waals surface area contributed by atoms with Gasteiger partial charge in [-0.3, -0.25) is 0 Å². The monoisotopic (exact) mass is 416 g/mol. The third-order valence-corrected chi connectivity index (χ3v) is 6.25. The lowest BCUT2D eigenvalue weighted by Gasteiger charge is -2.38. The highest BCUT2D eigenvalue weighted by molar-refractivity contribution is 8.00. The Balaban J connectivity index is 2.14. The number of aliphatic hydroxyl groups excluding tert-OH is 1. The Morgan fingerprint density at radius 1 is 1.43 bits per heavy atom. The number of ether oxygens (including phenoxy) is 1. The maximum atomic E-state index is 13.0. The number of aliphatic hydroxyl groups is 1. The minimum Gasteiger partial charge on any atom is -0.400 e. The Morgan fingerprint density at radius 3 is 2.71 bits per heavy atom. The van der Waals surface area contributed by atoms with Crippen LogP contribution >= 0.6 is 11.8 Å². The van der Waals surface area contributed by atoms with Crippen molar-refractivity contribution in [1.29, 1.82) is 5.41 Å². The minimum absolute atomic E-state index is 0.176. The molecule has 0 spiro atoms. The van der Waals surface area contributed by atoms with Crippen molar-refractivity contribution in [3.63, 3.8) is 0 Å². The first-order valence-electron chi connectivity index (χ1n) is 9.01. The number of hydrogen-bond donors (Lipinski definition) is 3. The summed E-state index contributed by atoms with van der Waals surface area (Å²) in [4.78, 5) is 0.551. The van der Waals surface area contributed by atoms with Crippen molar-refractivity contribution in [2.75, 3.05) is 13.2 Å². The molecule has 156 valence electrons. The first-order chi connectivity index (χ1) is 12.9. The fraction of sp³-hybridized carbons (Fsp3) is 0.550. The van der Waals surface area contributed by atoms with Gasteiger partial charge in [-0.1, -0.05) is 19.9 Å². The first kappa shape index (κ1) is 22.8. The van der Waals surface area contributed by atoms with E-state index in [1.165, 1.54) is 30.0 Å². The lowest BCUT2D eigenvalue weighted by molar-refractivity contribution is -0.137. The van der Waals surface area contributed by atoms with Gasteiger partial charge in [0.2, 0.25) is 0 Å². The van der Waals surface area contributed by atoms with Gasteiger partial charge >= 0.3 is 6.18 Å². The molecule has 0 bridgehead atoms. The summed E-state index contributed by atoms with van der Waals surface area (Å²) in [6.07, 6.45) is -2.09. The van der Waals surface area contributed by atoms with E-state index in [0.29, 0.717) is 30.0 Å². The molecule has 0 aromatic heterocycles. The number of hydrogen-bond acceptors (Lipinski definition) is 5. The standard InChI is InChI=1S/C20H27F3N2O2S/c1-18(2,12-26)17(25)10-15(24)16-11-19(3,7-8-27-16)28-14-6-4-5-13(9-14)20(21,22)23/h4-6,9-10,16,25-26H,7-8,11-12,24H2,1-3H3/b15-10-,25-17?. The van der Waals surface area contributed by atoms with Crippen LogP contribution in [0, 0.1) is 10.8 Å². The van der Waals surface area contributed by atoms with Crippen molar-refractivity contribution < 1.29 is 23.0 Å². The summed E-state index contributed by atoms with van der Waals surface area (Å²) in [5.41, 5.74) is 5.37. The van der Waals surface area contributed by atoms with E-state index in [4.69, 9.17) is 15.9 Å². The molecule has 8 heteroatoms. The number of halogens is 3. The van der Waals surface area contributed by atoms with E-state index >= 15 is 0 Å². The molecule has 1 fully saturated rings. The van der Waals surface area contributed by atoms with Gasteiger partial charge in [0.25, 0.3) is 0 Å². The van der Waals surface area contributed by atoms with Crippen molar-refractivity contribution in [2.45, 2.75) is 55.5 Å². The number of benzene rings is 1. The van der Waals surface area contributed by atoms with Gasteiger partial charge in [0, 0.05) is 33.1 Å². The molecule has 28 heavy (non-hydrogen) atoms. The topological polar surface area (TPSA) is 79.3 Å². The summed E-state index contributed by atoms with van der Waals surface area (Å²) in [7, 11) is 0. The number of rotatable bonds is 6. The second-order valence-corrected chi connectivity index (χ2v) is 9.65. The number of nitrogens with two attached hydrogens (primary N) is 1. The predicted octanol–water partition coefficient (Wildman–Crippen LogP) is 4.62. The van der Waals surface area contributed by atoms with Crippen LogP contribution in [0.4, 0.5) is 13.2 Å². The molecule has 0 saturated carbocycles. The van der Waals surface area contributed by atoms with E-state index in [-0.39, 0.29) is 17.1 Å². The number of alkyl halides is 3. The van der Waals surface area contributed by atoms with Gasteiger partial charge in [0.05, 0.1) is 18.3 Å². The average Bonchev–Trinajstić information content (AvgIpc) is 2.60. The molecule has 0 radical (unpaired) electrons. The highest BCUT2D eigenvalue weighted by atomic mass is 32.2. The van der Waals surface area contributed by atoms with Crippen molar-refractivity contribution in [3.8, 4) is 0 Å². The summed E-state index contributed by atoms with van der Waals surface area (Å²) in [6, 6.07) is 5.32. The third-order valence-electron chi connectivity index (χ3n) is 4.90. The average molecular weight is 417 g/mol. The van der Waals surface area contributed by atoms with Gasteiger partial charge in [0.15, 0.2) is 0 Å². The Labute approximate surface area is 167 Å². The second kappa shape index (κ2) is 8.47. The minimum atomic E-state index is -4.37. The molecule has 4 nitrogen and oxygen atoms in total. The van der Waals surface area contributed by atoms with Crippen LogP contribution in [0.5, 0.6) is 0 Å². The van der Waals surface area contributed by atoms with Crippen LogP contribution in [0.15, 0.2) is 40.9 Å². The van der Waals surface area contributed by atoms with Crippen molar-refractivity contribution in [2.24, 2.45) is 11.1 Å². The molecular weight excluding hydrogens is 389 g/mol. The summed E-state index contributed by atoms with van der Waals surface area (Å²) < 4.78 is 44.3. The molecule has 1 aromatic carbocycles. The first-order valence-corrected chi connectivity index (χ1v) is 9.83. The molecule has 1 heterocycles. The summed E-state index contributed by atoms with van der Waals surface area (Å²) in [5, 5.41) is 17.5. The number of allylic oxidation sites excluding steroid dienone is 1. The van der Waals surface area contributed by atoms with Crippen LogP contribution in [-0.4, -0.2) is 34.9 Å². The zero-order valence-corrected chi connectivity index (χ0v) is 17.1. The highest BCUT2D eigenvalue weighted by Gasteiger charge is 2.36. The predicted molar refractivity (Wildman–Crippen MR) is 106 cm³/mol. The highest BCUT2D eigenvalue weighted by Crippen LogP contribution is 2.44. The fourth-order valence-electron chi connectivity index (χ4n) is 2.84. The quantitative estimate of drug-likeness (QED) is 0.592. The van der Waals surface area contributed by atoms with Gasteiger partial charge in [0.1, 0.15) is 0 Å². The van der Waals surface area contributed by atoms with Crippen molar-refractivity contribution in [3.05, 3.63) is 41.6 Å². The SMILES string of the molecule is CC1(Sc2cccc(C(F)(F)F)c2)CCOC(/C(N)=C/C(=N)C(C)(C)CO)C1. The van der Waals surface area contributed by atoms with Crippen LogP contribution < -0.4 is 5.73 Å². The molecule has 2 unspecified atom stereocenters. The zero-order chi connectivity index (χ0) is 21.2. The van der Waals surface area contributed by atoms with Gasteiger partial charge < -0.3 is 21.0 Å². The van der Waals surface area contributed by atoms with Gasteiger partial charge in [-0.2, -0.15) is 13.2 Å². The van der Waals surface area contributed by atoms with E-state index < -0.39 is 23.3 Å². The van der Waals surface area contributed by atoms with Gasteiger partial charge in [-0.25, -0.2) is 0 Å². The molecule has 1 saturated heterocycles. The second-order valence-electron chi connectivity index (χ2n) is 7.99. The molecule has 2 rings (SSSR count). The Hall–Kier alpha value is -1.51. The molecule has 1 aromatic rings. The van der Waals surface area contributed by atoms with Crippen molar-refractivity contribution in [1.82, 2.24) is 0 Å². The lowest BCUT2D eigenvalue weighted by Crippen LogP contribution is -2.39. The van der Waals surface area contributed by atoms with E-state index in [2.05, 4.69) is 0 Å². The summed E-state index contributed by atoms with van der Waals surface area (Å²) in [6.45, 7) is 5.73. The Morgan fingerprint density at radius 2 is 2.11 bits per heavy atom. The Kier molecular flexibility index (Phi) is 6.89. The molecule has 0 amide bonds. The van der Waals surface area contributed by atoms with E-state index in [0.717, 1.165) is 6.07 Å². The summed E-state index contributed by atoms with van der Waals surface area (Å²) in [5.74, 6) is 0. The maximum Gasteiger partial charge on any atom is 0.416 e. The van der Waals surface area contributed by atoms with Crippen LogP contribution in [0.1, 0.15) is 39.2 Å². The van der Waals surface area contributed by atoms with Crippen LogP contribution in [0.2, 0.25) is 0 Å². The molecule has 4 N–H and O–H groups in total. The number of thioether (sulfide) groups is 1. The van der Waals surface area contributed by atoms with Gasteiger partial charge in [-0.15, -0.1) is 11.8 Å². The van der Waals surface area contributed by atoms with Crippen LogP contribution in [0.3, 0.4) is 0 Å². The fourth-order valence-corrected chi connectivity index (χ4v) is 4.16. The molecular formula is C20H27F3N2O2S. The maximum absolute atomic E-state index is 13.0. The smallest absolute Gasteiger partial charge is 0.400 e. The molecule has 1 aliphatic heterocycles. The van der Waals surface area contributed by atoms with Crippen LogP contribution in [0.25, 0.3) is 0 Å². The molecule has 1 aliphatic rings. The zero-order valence-electron chi connectivity index (χ0n) is 16.3. The normalized spacial score (nSPS) is 24.2. The van der Waals surface area contributed by atoms with Gasteiger partial charge in [-0.05, 0) is 44.0 Å². The van der Waals surface area contributed by atoms with E-state index in [9.17, 15) is 18.3 Å². The summed E-state index contributed by atoms with van der Waals surface area (Å²) >= 11 is 1.39. The van der Waals surface area contributed by atoms with E-state index in [1.54, 1.807) is 19.9 Å². The van der Waals surface area contributed by atoms with Crippen molar-refractivity contribution >= 4 is 17.5 Å². The molecule has 0 aliphatic carbocycles. The number of nitrogens with one attached hydrogen (secondary N) is 1.